The average Bonchev–Trinajstić information content (AvgIpc) is 2.73. The first-order chi connectivity index (χ1) is 7.19. The number of rotatable bonds is 3. The Morgan fingerprint density at radius 1 is 1.60 bits per heavy atom. The van der Waals surface area contributed by atoms with Gasteiger partial charge in [0.05, 0.1) is 17.2 Å². The molecule has 0 saturated carbocycles. The maximum absolute atomic E-state index is 5.57. The second kappa shape index (κ2) is 4.20. The first-order valence-corrected chi connectivity index (χ1v) is 5.44. The maximum atomic E-state index is 5.57. The molecule has 0 spiro atoms. The summed E-state index contributed by atoms with van der Waals surface area (Å²) in [5, 5.41) is 4.15. The van der Waals surface area contributed by atoms with Crippen molar-refractivity contribution in [3.05, 3.63) is 40.0 Å². The van der Waals surface area contributed by atoms with Crippen LogP contribution in [-0.4, -0.2) is 9.78 Å². The summed E-state index contributed by atoms with van der Waals surface area (Å²) in [6.45, 7) is 3.06. The van der Waals surface area contributed by atoms with Gasteiger partial charge < -0.3 is 10.2 Å². The van der Waals surface area contributed by atoms with Crippen molar-refractivity contribution < 1.29 is 4.42 Å². The Kier molecular flexibility index (Phi) is 2.93. The first kappa shape index (κ1) is 10.4. The predicted octanol–water partition coefficient (Wildman–Crippen LogP) is 2.05. The van der Waals surface area contributed by atoms with Crippen LogP contribution in [-0.2, 0) is 13.1 Å². The van der Waals surface area contributed by atoms with Crippen molar-refractivity contribution in [2.24, 2.45) is 5.73 Å². The summed E-state index contributed by atoms with van der Waals surface area (Å²) < 4.78 is 8.33. The minimum absolute atomic E-state index is 0.512. The second-order valence-electron chi connectivity index (χ2n) is 3.35. The van der Waals surface area contributed by atoms with Crippen LogP contribution in [0.2, 0.25) is 0 Å². The van der Waals surface area contributed by atoms with Gasteiger partial charge in [0.25, 0.3) is 0 Å². The summed E-state index contributed by atoms with van der Waals surface area (Å²) in [4.78, 5) is 0. The van der Waals surface area contributed by atoms with E-state index in [1.54, 1.807) is 6.20 Å². The van der Waals surface area contributed by atoms with E-state index in [1.807, 2.05) is 23.9 Å². The number of aryl methyl sites for hydroxylation is 1. The van der Waals surface area contributed by atoms with Gasteiger partial charge >= 0.3 is 0 Å². The summed E-state index contributed by atoms with van der Waals surface area (Å²) in [7, 11) is 0. The molecule has 15 heavy (non-hydrogen) atoms. The Hall–Kier alpha value is -1.07. The third-order valence-corrected chi connectivity index (χ3v) is 2.62. The summed E-state index contributed by atoms with van der Waals surface area (Å²) in [6.07, 6.45) is 3.65. The van der Waals surface area contributed by atoms with Crippen molar-refractivity contribution in [1.82, 2.24) is 9.78 Å². The number of nitrogens with two attached hydrogens (primary N) is 1. The van der Waals surface area contributed by atoms with Gasteiger partial charge in [-0.1, -0.05) is 0 Å². The fourth-order valence-electron chi connectivity index (χ4n) is 1.45. The van der Waals surface area contributed by atoms with Gasteiger partial charge in [-0.15, -0.1) is 0 Å². The lowest BCUT2D eigenvalue weighted by Crippen LogP contribution is -1.98. The Bertz CT molecular complexity index is 461. The molecule has 0 aliphatic heterocycles. The summed E-state index contributed by atoms with van der Waals surface area (Å²) >= 11 is 3.34. The fraction of sp³-hybridized carbons (Fsp3) is 0.300. The Labute approximate surface area is 96.2 Å². The molecule has 0 fully saturated rings. The highest BCUT2D eigenvalue weighted by atomic mass is 79.9. The van der Waals surface area contributed by atoms with Crippen LogP contribution in [0.4, 0.5) is 0 Å². The third kappa shape index (κ3) is 2.30. The number of aromatic nitrogens is 2. The van der Waals surface area contributed by atoms with Crippen LogP contribution in [0.15, 0.2) is 27.3 Å². The topological polar surface area (TPSA) is 57.0 Å². The number of halogens is 1. The van der Waals surface area contributed by atoms with Crippen molar-refractivity contribution >= 4 is 15.9 Å². The van der Waals surface area contributed by atoms with Gasteiger partial charge in [-0.2, -0.15) is 5.10 Å². The molecule has 0 saturated heterocycles. The zero-order chi connectivity index (χ0) is 10.8. The van der Waals surface area contributed by atoms with Gasteiger partial charge in [-0.3, -0.25) is 4.68 Å². The van der Waals surface area contributed by atoms with E-state index in [0.29, 0.717) is 13.1 Å². The molecule has 0 atom stereocenters. The standard InChI is InChI=1S/C10H12BrN3O/c1-7-8(3-12)2-10(15-7)6-14-5-9(11)4-13-14/h2,4-5H,3,6,12H2,1H3. The van der Waals surface area contributed by atoms with E-state index in [4.69, 9.17) is 10.2 Å². The van der Waals surface area contributed by atoms with E-state index >= 15 is 0 Å². The lowest BCUT2D eigenvalue weighted by molar-refractivity contribution is 0.457. The van der Waals surface area contributed by atoms with Crippen LogP contribution < -0.4 is 5.73 Å². The van der Waals surface area contributed by atoms with Crippen molar-refractivity contribution in [2.45, 2.75) is 20.0 Å². The predicted molar refractivity (Wildman–Crippen MR) is 60.4 cm³/mol. The van der Waals surface area contributed by atoms with Crippen molar-refractivity contribution in [3.8, 4) is 0 Å². The molecule has 4 nitrogen and oxygen atoms in total. The highest BCUT2D eigenvalue weighted by Crippen LogP contribution is 2.15. The van der Waals surface area contributed by atoms with Crippen molar-refractivity contribution in [3.63, 3.8) is 0 Å². The first-order valence-electron chi connectivity index (χ1n) is 4.65. The molecule has 0 aromatic carbocycles. The van der Waals surface area contributed by atoms with Gasteiger partial charge in [0.15, 0.2) is 0 Å². The number of nitrogens with zero attached hydrogens (tertiary/aromatic N) is 2. The second-order valence-corrected chi connectivity index (χ2v) is 4.27. The highest BCUT2D eigenvalue weighted by molar-refractivity contribution is 9.10. The summed E-state index contributed by atoms with van der Waals surface area (Å²) in [5.41, 5.74) is 6.62. The van der Waals surface area contributed by atoms with E-state index in [1.165, 1.54) is 0 Å². The van der Waals surface area contributed by atoms with Gasteiger partial charge in [-0.25, -0.2) is 0 Å². The molecule has 0 amide bonds. The molecule has 2 N–H and O–H groups in total. The molecule has 0 radical (unpaired) electrons. The molecule has 2 aromatic rings. The Balaban J connectivity index is 2.17. The smallest absolute Gasteiger partial charge is 0.125 e. The molecule has 2 heterocycles. The monoisotopic (exact) mass is 269 g/mol. The summed E-state index contributed by atoms with van der Waals surface area (Å²) in [5.74, 6) is 1.77. The SMILES string of the molecule is Cc1oc(Cn2cc(Br)cn2)cc1CN. The molecule has 0 bridgehead atoms. The van der Waals surface area contributed by atoms with Crippen LogP contribution in [0.25, 0.3) is 0 Å². The van der Waals surface area contributed by atoms with Gasteiger partial charge in [0.2, 0.25) is 0 Å². The van der Waals surface area contributed by atoms with Crippen LogP contribution >= 0.6 is 15.9 Å². The number of furan rings is 1. The molecule has 80 valence electrons. The number of hydrogen-bond acceptors (Lipinski definition) is 3. The fourth-order valence-corrected chi connectivity index (χ4v) is 1.78. The molecule has 0 aliphatic rings. The normalized spacial score (nSPS) is 10.9. The molecule has 2 rings (SSSR count). The zero-order valence-electron chi connectivity index (χ0n) is 8.40. The van der Waals surface area contributed by atoms with Crippen LogP contribution in [0.5, 0.6) is 0 Å². The van der Waals surface area contributed by atoms with Crippen molar-refractivity contribution in [2.75, 3.05) is 0 Å². The van der Waals surface area contributed by atoms with Gasteiger partial charge in [0, 0.05) is 18.3 Å². The third-order valence-electron chi connectivity index (χ3n) is 2.21. The minimum atomic E-state index is 0.512. The number of hydrogen-bond donors (Lipinski definition) is 1. The maximum Gasteiger partial charge on any atom is 0.125 e. The Morgan fingerprint density at radius 3 is 2.93 bits per heavy atom. The van der Waals surface area contributed by atoms with Crippen LogP contribution in [0.1, 0.15) is 17.1 Å². The van der Waals surface area contributed by atoms with Crippen LogP contribution in [0, 0.1) is 6.92 Å². The van der Waals surface area contributed by atoms with E-state index in [0.717, 1.165) is 21.6 Å². The lowest BCUT2D eigenvalue weighted by Gasteiger charge is -1.95. The van der Waals surface area contributed by atoms with E-state index in [-0.39, 0.29) is 0 Å². The minimum Gasteiger partial charge on any atom is -0.464 e. The molecular weight excluding hydrogens is 258 g/mol. The van der Waals surface area contributed by atoms with Gasteiger partial charge in [-0.05, 0) is 28.9 Å². The van der Waals surface area contributed by atoms with Gasteiger partial charge in [0.1, 0.15) is 11.5 Å². The van der Waals surface area contributed by atoms with E-state index in [2.05, 4.69) is 21.0 Å². The van der Waals surface area contributed by atoms with Crippen molar-refractivity contribution in [1.29, 1.82) is 0 Å². The van der Waals surface area contributed by atoms with Crippen LogP contribution in [0.3, 0.4) is 0 Å². The van der Waals surface area contributed by atoms with E-state index < -0.39 is 0 Å². The summed E-state index contributed by atoms with van der Waals surface area (Å²) in [6, 6.07) is 1.98. The molecule has 0 aliphatic carbocycles. The molecule has 0 unspecified atom stereocenters. The molecule has 5 heteroatoms. The largest absolute Gasteiger partial charge is 0.464 e. The molecule has 2 aromatic heterocycles. The quantitative estimate of drug-likeness (QED) is 0.928. The van der Waals surface area contributed by atoms with E-state index in [9.17, 15) is 0 Å². The lowest BCUT2D eigenvalue weighted by atomic mass is 10.2. The Morgan fingerprint density at radius 2 is 2.40 bits per heavy atom. The average molecular weight is 270 g/mol. The highest BCUT2D eigenvalue weighted by Gasteiger charge is 2.06. The zero-order valence-corrected chi connectivity index (χ0v) is 9.99. The molecular formula is C10H12BrN3O.